The van der Waals surface area contributed by atoms with Crippen molar-refractivity contribution in [2.24, 2.45) is 0 Å². The van der Waals surface area contributed by atoms with Crippen LogP contribution in [-0.4, -0.2) is 47.3 Å². The highest BCUT2D eigenvalue weighted by Crippen LogP contribution is 2.22. The molecule has 1 N–H and O–H groups in total. The number of aliphatic hydroxyl groups is 1. The number of hydrogen-bond acceptors (Lipinski definition) is 3. The Hall–Kier alpha value is -0.870. The van der Waals surface area contributed by atoms with Crippen molar-refractivity contribution in [2.45, 2.75) is 84.8 Å². The van der Waals surface area contributed by atoms with Crippen molar-refractivity contribution in [1.82, 2.24) is 0 Å². The summed E-state index contributed by atoms with van der Waals surface area (Å²) in [6.07, 6.45) is 9.58. The summed E-state index contributed by atoms with van der Waals surface area (Å²) >= 11 is 0. The van der Waals surface area contributed by atoms with E-state index in [-0.39, 0.29) is 0 Å². The molecule has 0 saturated heterocycles. The third-order valence-corrected chi connectivity index (χ3v) is 4.44. The minimum Gasteiger partial charge on any atom is -0.544 e. The number of carbonyl (C=O) groups is 1. The van der Waals surface area contributed by atoms with Crippen LogP contribution in [0.25, 0.3) is 0 Å². The highest BCUT2D eigenvalue weighted by atomic mass is 16.4. The third-order valence-electron chi connectivity index (χ3n) is 4.44. The Bertz CT molecular complexity index is 336. The number of aliphatic carboxylic acids is 1. The topological polar surface area (TPSA) is 60.4 Å². The van der Waals surface area contributed by atoms with Gasteiger partial charge in [-0.15, -0.1) is 0 Å². The molecule has 0 spiro atoms. The monoisotopic (exact) mass is 327 g/mol. The van der Waals surface area contributed by atoms with Crippen molar-refractivity contribution in [3.8, 4) is 0 Å². The molecule has 0 aromatic rings. The predicted octanol–water partition coefficient (Wildman–Crippen LogP) is 2.65. The van der Waals surface area contributed by atoms with Gasteiger partial charge in [-0.1, -0.05) is 52.7 Å². The molecule has 0 saturated carbocycles. The number of carboxylic acids is 1. The molecule has 0 heterocycles. The van der Waals surface area contributed by atoms with E-state index in [2.05, 4.69) is 26.8 Å². The number of carbonyl (C=O) groups excluding carboxylic acids is 1. The molecule has 2 unspecified atom stereocenters. The van der Waals surface area contributed by atoms with Crippen LogP contribution in [0.15, 0.2) is 12.2 Å². The lowest BCUT2D eigenvalue weighted by Crippen LogP contribution is -2.64. The van der Waals surface area contributed by atoms with Gasteiger partial charge in [-0.2, -0.15) is 0 Å². The molecule has 0 amide bonds. The summed E-state index contributed by atoms with van der Waals surface area (Å²) in [7, 11) is 0. The number of rotatable bonds is 14. The molecule has 2 atom stereocenters. The summed E-state index contributed by atoms with van der Waals surface area (Å²) in [6, 6.07) is -0.519. The van der Waals surface area contributed by atoms with Gasteiger partial charge in [-0.25, -0.2) is 0 Å². The van der Waals surface area contributed by atoms with Gasteiger partial charge in [0.2, 0.25) is 0 Å². The smallest absolute Gasteiger partial charge is 0.129 e. The Balaban J connectivity index is 5.18. The highest BCUT2D eigenvalue weighted by Gasteiger charge is 2.37. The average molecular weight is 328 g/mol. The minimum atomic E-state index is -0.970. The molecule has 4 heteroatoms. The van der Waals surface area contributed by atoms with Crippen LogP contribution in [0, 0.1) is 0 Å². The molecule has 136 valence electrons. The summed E-state index contributed by atoms with van der Waals surface area (Å²) in [4.78, 5) is 11.7. The zero-order valence-electron chi connectivity index (χ0n) is 15.6. The Labute approximate surface area is 142 Å². The van der Waals surface area contributed by atoms with E-state index in [4.69, 9.17) is 0 Å². The molecule has 0 aromatic heterocycles. The second-order valence-corrected chi connectivity index (χ2v) is 6.62. The van der Waals surface area contributed by atoms with Gasteiger partial charge in [0.15, 0.2) is 0 Å². The lowest BCUT2D eigenvalue weighted by atomic mass is 10.0. The van der Waals surface area contributed by atoms with Crippen LogP contribution in [0.2, 0.25) is 0 Å². The van der Waals surface area contributed by atoms with Crippen LogP contribution in [0.1, 0.15) is 72.6 Å². The fraction of sp³-hybridized carbons (Fsp3) is 0.842. The quantitative estimate of drug-likeness (QED) is 0.394. The average Bonchev–Trinajstić information content (AvgIpc) is 2.49. The molecular weight excluding hydrogens is 290 g/mol. The molecule has 0 aliphatic carbocycles. The summed E-state index contributed by atoms with van der Waals surface area (Å²) < 4.78 is 0.450. The molecule has 0 radical (unpaired) electrons. The molecular formula is C19H37NO3. The molecule has 0 aromatic carbocycles. The number of allylic oxidation sites excluding steroid dienone is 1. The van der Waals surface area contributed by atoms with Crippen molar-refractivity contribution in [3.05, 3.63) is 12.2 Å². The van der Waals surface area contributed by atoms with Crippen LogP contribution < -0.4 is 5.11 Å². The van der Waals surface area contributed by atoms with E-state index in [9.17, 15) is 15.0 Å². The number of aliphatic hydroxyl groups excluding tert-OH is 1. The van der Waals surface area contributed by atoms with E-state index in [1.807, 2.05) is 13.0 Å². The first-order valence-electron chi connectivity index (χ1n) is 9.37. The Kier molecular flexibility index (Phi) is 12.1. The van der Waals surface area contributed by atoms with Crippen LogP contribution >= 0.6 is 0 Å². The van der Waals surface area contributed by atoms with Gasteiger partial charge in [0, 0.05) is 6.42 Å². The van der Waals surface area contributed by atoms with Crippen LogP contribution in [0.4, 0.5) is 0 Å². The normalized spacial score (nSPS) is 15.0. The van der Waals surface area contributed by atoms with Crippen molar-refractivity contribution < 1.29 is 19.5 Å². The van der Waals surface area contributed by atoms with E-state index in [0.717, 1.165) is 45.2 Å². The van der Waals surface area contributed by atoms with Gasteiger partial charge in [-0.05, 0) is 25.7 Å². The number of hydrogen-bond donors (Lipinski definition) is 1. The Morgan fingerprint density at radius 2 is 1.65 bits per heavy atom. The second-order valence-electron chi connectivity index (χ2n) is 6.62. The highest BCUT2D eigenvalue weighted by molar-refractivity contribution is 5.69. The maximum absolute atomic E-state index is 11.7. The molecule has 0 bridgehead atoms. The van der Waals surface area contributed by atoms with Gasteiger partial charge < -0.3 is 19.5 Å². The van der Waals surface area contributed by atoms with Crippen LogP contribution in [0.5, 0.6) is 0 Å². The largest absolute Gasteiger partial charge is 0.544 e. The van der Waals surface area contributed by atoms with E-state index >= 15 is 0 Å². The first-order valence-corrected chi connectivity index (χ1v) is 9.37. The number of quaternary nitrogens is 1. The first kappa shape index (κ1) is 22.1. The van der Waals surface area contributed by atoms with Gasteiger partial charge in [0.05, 0.1) is 19.1 Å². The molecule has 0 rings (SSSR count). The Morgan fingerprint density at radius 1 is 1.04 bits per heavy atom. The standard InChI is InChI=1S/C19H37NO3/c1-5-9-10-11-13-17(21)16-20(14-7-3,15-8-4)18(12-6-2)19(22)23/h10-11,17-18,21H,5-9,12-16H2,1-4H3/b11-10+. The van der Waals surface area contributed by atoms with Crippen LogP contribution in [0.3, 0.4) is 0 Å². The predicted molar refractivity (Wildman–Crippen MR) is 93.8 cm³/mol. The maximum Gasteiger partial charge on any atom is 0.129 e. The fourth-order valence-corrected chi connectivity index (χ4v) is 3.54. The van der Waals surface area contributed by atoms with E-state index in [0.29, 0.717) is 23.9 Å². The number of unbranched alkanes of at least 4 members (excludes halogenated alkanes) is 1. The molecule has 0 aliphatic heterocycles. The summed E-state index contributed by atoms with van der Waals surface area (Å²) in [5, 5.41) is 22.2. The fourth-order valence-electron chi connectivity index (χ4n) is 3.54. The molecule has 0 fully saturated rings. The summed E-state index contributed by atoms with van der Waals surface area (Å²) in [6.45, 7) is 10.3. The van der Waals surface area contributed by atoms with Crippen molar-refractivity contribution in [3.63, 3.8) is 0 Å². The van der Waals surface area contributed by atoms with Gasteiger partial charge in [0.1, 0.15) is 18.7 Å². The molecule has 0 aliphatic rings. The maximum atomic E-state index is 11.7. The number of carboxylic acid groups (broad SMARTS) is 1. The van der Waals surface area contributed by atoms with E-state index in [1.54, 1.807) is 0 Å². The summed E-state index contributed by atoms with van der Waals surface area (Å²) in [5.41, 5.74) is 0. The van der Waals surface area contributed by atoms with E-state index in [1.165, 1.54) is 0 Å². The zero-order chi connectivity index (χ0) is 17.7. The minimum absolute atomic E-state index is 0.450. The molecule has 23 heavy (non-hydrogen) atoms. The number of nitrogens with zero attached hydrogens (tertiary/aromatic N) is 1. The van der Waals surface area contributed by atoms with E-state index < -0.39 is 18.1 Å². The summed E-state index contributed by atoms with van der Waals surface area (Å²) in [5.74, 6) is -0.970. The van der Waals surface area contributed by atoms with Gasteiger partial charge in [-0.3, -0.25) is 0 Å². The van der Waals surface area contributed by atoms with Gasteiger partial charge >= 0.3 is 0 Å². The van der Waals surface area contributed by atoms with Gasteiger partial charge in [0.25, 0.3) is 0 Å². The van der Waals surface area contributed by atoms with Crippen molar-refractivity contribution in [1.29, 1.82) is 0 Å². The third kappa shape index (κ3) is 7.98. The Morgan fingerprint density at radius 3 is 2.09 bits per heavy atom. The zero-order valence-corrected chi connectivity index (χ0v) is 15.6. The second kappa shape index (κ2) is 12.5. The first-order chi connectivity index (χ1) is 11.0. The van der Waals surface area contributed by atoms with Crippen molar-refractivity contribution in [2.75, 3.05) is 19.6 Å². The lowest BCUT2D eigenvalue weighted by Gasteiger charge is -2.46. The lowest BCUT2D eigenvalue weighted by molar-refractivity contribution is -0.948. The SMILES string of the molecule is CCC/C=C/CC(O)C[N+](CCC)(CCC)C(CCC)C(=O)[O-]. The molecule has 4 nitrogen and oxygen atoms in total. The van der Waals surface area contributed by atoms with Crippen LogP contribution in [-0.2, 0) is 4.79 Å². The van der Waals surface area contributed by atoms with Crippen molar-refractivity contribution >= 4 is 5.97 Å².